The van der Waals surface area contributed by atoms with E-state index in [1.165, 1.54) is 0 Å². The van der Waals surface area contributed by atoms with Crippen molar-refractivity contribution in [2.75, 3.05) is 19.8 Å². The summed E-state index contributed by atoms with van der Waals surface area (Å²) in [6.07, 6.45) is 3.68. The maximum Gasteiger partial charge on any atom is 0.330 e. The van der Waals surface area contributed by atoms with Gasteiger partial charge in [-0.15, -0.1) is 0 Å². The molecule has 0 aliphatic heterocycles. The molecule has 0 bridgehead atoms. The van der Waals surface area contributed by atoms with Gasteiger partial charge in [-0.25, -0.2) is 8.78 Å². The Morgan fingerprint density at radius 2 is 2.05 bits per heavy atom. The van der Waals surface area contributed by atoms with E-state index in [0.29, 0.717) is 6.54 Å². The van der Waals surface area contributed by atoms with Crippen LogP contribution in [-0.4, -0.2) is 38.1 Å². The van der Waals surface area contributed by atoms with Gasteiger partial charge in [-0.3, -0.25) is 0 Å². The SMILES string of the molecule is CCNC(COCC(F)(F)C(F)F)C1=CCCCCC1. The Labute approximate surface area is 117 Å². The van der Waals surface area contributed by atoms with Crippen LogP contribution in [0.25, 0.3) is 0 Å². The average molecular weight is 297 g/mol. The van der Waals surface area contributed by atoms with Crippen molar-refractivity contribution in [1.82, 2.24) is 5.32 Å². The van der Waals surface area contributed by atoms with Gasteiger partial charge in [-0.2, -0.15) is 8.78 Å². The van der Waals surface area contributed by atoms with Gasteiger partial charge in [0.15, 0.2) is 0 Å². The molecule has 0 spiro atoms. The molecule has 20 heavy (non-hydrogen) atoms. The summed E-state index contributed by atoms with van der Waals surface area (Å²) in [7, 11) is 0. The van der Waals surface area contributed by atoms with Crippen LogP contribution >= 0.6 is 0 Å². The summed E-state index contributed by atoms with van der Waals surface area (Å²) >= 11 is 0. The van der Waals surface area contributed by atoms with E-state index in [2.05, 4.69) is 11.4 Å². The molecule has 0 radical (unpaired) electrons. The number of rotatable bonds is 8. The summed E-state index contributed by atoms with van der Waals surface area (Å²) in [5.41, 5.74) is 1.14. The Kier molecular flexibility index (Phi) is 7.51. The summed E-state index contributed by atoms with van der Waals surface area (Å²) in [6.45, 7) is 1.36. The van der Waals surface area contributed by atoms with Crippen LogP contribution in [0.4, 0.5) is 17.6 Å². The standard InChI is InChI=1S/C14H23F4NO/c1-2-19-12(11-7-5-3-4-6-8-11)9-20-10-14(17,18)13(15)16/h7,12-13,19H,2-6,8-10H2,1H3. The van der Waals surface area contributed by atoms with Gasteiger partial charge >= 0.3 is 12.3 Å². The molecular weight excluding hydrogens is 274 g/mol. The van der Waals surface area contributed by atoms with E-state index in [-0.39, 0.29) is 12.6 Å². The minimum absolute atomic E-state index is 0.00197. The molecule has 1 aliphatic rings. The van der Waals surface area contributed by atoms with Crippen LogP contribution < -0.4 is 5.32 Å². The summed E-state index contributed by atoms with van der Waals surface area (Å²) in [4.78, 5) is 0. The van der Waals surface area contributed by atoms with E-state index in [0.717, 1.165) is 37.7 Å². The molecule has 2 nitrogen and oxygen atoms in total. The third-order valence-electron chi connectivity index (χ3n) is 3.37. The quantitative estimate of drug-likeness (QED) is 0.544. The fraction of sp³-hybridized carbons (Fsp3) is 0.857. The van der Waals surface area contributed by atoms with Crippen LogP contribution in [0, 0.1) is 0 Å². The van der Waals surface area contributed by atoms with Crippen molar-refractivity contribution in [1.29, 1.82) is 0 Å². The van der Waals surface area contributed by atoms with Gasteiger partial charge in [0.05, 0.1) is 12.6 Å². The van der Waals surface area contributed by atoms with E-state index in [4.69, 9.17) is 4.74 Å². The largest absolute Gasteiger partial charge is 0.373 e. The number of allylic oxidation sites excluding steroid dienone is 1. The zero-order valence-corrected chi connectivity index (χ0v) is 11.8. The minimum atomic E-state index is -4.07. The summed E-state index contributed by atoms with van der Waals surface area (Å²) in [5.74, 6) is -4.07. The van der Waals surface area contributed by atoms with Gasteiger partial charge in [-0.05, 0) is 32.2 Å². The topological polar surface area (TPSA) is 21.3 Å². The van der Waals surface area contributed by atoms with Crippen molar-refractivity contribution in [2.45, 2.75) is 57.4 Å². The lowest BCUT2D eigenvalue weighted by atomic mass is 10.0. The van der Waals surface area contributed by atoms with Crippen LogP contribution in [0.2, 0.25) is 0 Å². The third kappa shape index (κ3) is 5.79. The zero-order valence-electron chi connectivity index (χ0n) is 11.8. The van der Waals surface area contributed by atoms with Gasteiger partial charge < -0.3 is 10.1 Å². The predicted octanol–water partition coefficient (Wildman–Crippen LogP) is 3.77. The van der Waals surface area contributed by atoms with Gasteiger partial charge in [-0.1, -0.05) is 25.0 Å². The fourth-order valence-corrected chi connectivity index (χ4v) is 2.28. The number of likely N-dealkylation sites (N-methyl/N-ethyl adjacent to an activating group) is 1. The van der Waals surface area contributed by atoms with Gasteiger partial charge in [0.25, 0.3) is 0 Å². The molecule has 0 amide bonds. The monoisotopic (exact) mass is 297 g/mol. The number of ether oxygens (including phenoxy) is 1. The Bertz CT molecular complexity index is 308. The Balaban J connectivity index is 2.48. The Morgan fingerprint density at radius 1 is 1.30 bits per heavy atom. The first-order chi connectivity index (χ1) is 9.47. The van der Waals surface area contributed by atoms with Crippen LogP contribution in [0.5, 0.6) is 0 Å². The van der Waals surface area contributed by atoms with E-state index < -0.39 is 19.0 Å². The van der Waals surface area contributed by atoms with E-state index in [9.17, 15) is 17.6 Å². The highest BCUT2D eigenvalue weighted by Crippen LogP contribution is 2.24. The predicted molar refractivity (Wildman–Crippen MR) is 70.4 cm³/mol. The fourth-order valence-electron chi connectivity index (χ4n) is 2.28. The molecule has 0 saturated heterocycles. The van der Waals surface area contributed by atoms with E-state index in [1.54, 1.807) is 0 Å². The second-order valence-electron chi connectivity index (χ2n) is 5.07. The zero-order chi connectivity index (χ0) is 15.0. The molecular formula is C14H23F4NO. The van der Waals surface area contributed by atoms with Crippen molar-refractivity contribution in [2.24, 2.45) is 0 Å². The van der Waals surface area contributed by atoms with Crippen molar-refractivity contribution in [3.05, 3.63) is 11.6 Å². The van der Waals surface area contributed by atoms with Gasteiger partial charge in [0, 0.05) is 0 Å². The normalized spacial score (nSPS) is 18.8. The third-order valence-corrected chi connectivity index (χ3v) is 3.37. The molecule has 118 valence electrons. The first-order valence-corrected chi connectivity index (χ1v) is 7.13. The lowest BCUT2D eigenvalue weighted by molar-refractivity contribution is -0.166. The lowest BCUT2D eigenvalue weighted by Gasteiger charge is -2.23. The van der Waals surface area contributed by atoms with Crippen molar-refractivity contribution in [3.8, 4) is 0 Å². The lowest BCUT2D eigenvalue weighted by Crippen LogP contribution is -2.38. The first-order valence-electron chi connectivity index (χ1n) is 7.13. The summed E-state index contributed by atoms with van der Waals surface area (Å²) in [6, 6.07) is -0.161. The number of alkyl halides is 4. The van der Waals surface area contributed by atoms with Crippen molar-refractivity contribution in [3.63, 3.8) is 0 Å². The minimum Gasteiger partial charge on any atom is -0.373 e. The number of hydrogen-bond donors (Lipinski definition) is 1. The van der Waals surface area contributed by atoms with E-state index >= 15 is 0 Å². The molecule has 0 aromatic carbocycles. The molecule has 1 rings (SSSR count). The van der Waals surface area contributed by atoms with Crippen molar-refractivity contribution >= 4 is 0 Å². The molecule has 0 fully saturated rings. The Hall–Kier alpha value is -0.620. The van der Waals surface area contributed by atoms with Crippen LogP contribution in [-0.2, 0) is 4.74 Å². The van der Waals surface area contributed by atoms with Crippen molar-refractivity contribution < 1.29 is 22.3 Å². The molecule has 1 atom stereocenters. The molecule has 0 saturated carbocycles. The van der Waals surface area contributed by atoms with Gasteiger partial charge in [0.2, 0.25) is 0 Å². The highest BCUT2D eigenvalue weighted by molar-refractivity contribution is 5.12. The molecule has 1 unspecified atom stereocenters. The second-order valence-corrected chi connectivity index (χ2v) is 5.07. The average Bonchev–Trinajstić information content (AvgIpc) is 2.66. The Morgan fingerprint density at radius 3 is 2.70 bits per heavy atom. The maximum absolute atomic E-state index is 12.8. The molecule has 0 heterocycles. The number of nitrogens with one attached hydrogen (secondary N) is 1. The molecule has 0 aromatic rings. The first kappa shape index (κ1) is 17.4. The summed E-state index contributed by atoms with van der Waals surface area (Å²) in [5, 5.41) is 3.17. The molecule has 0 aromatic heterocycles. The smallest absolute Gasteiger partial charge is 0.330 e. The highest BCUT2D eigenvalue weighted by atomic mass is 19.3. The number of hydrogen-bond acceptors (Lipinski definition) is 2. The van der Waals surface area contributed by atoms with Gasteiger partial charge in [0.1, 0.15) is 6.61 Å². The molecule has 6 heteroatoms. The highest BCUT2D eigenvalue weighted by Gasteiger charge is 2.41. The number of halogens is 4. The van der Waals surface area contributed by atoms with Crippen LogP contribution in [0.15, 0.2) is 11.6 Å². The van der Waals surface area contributed by atoms with Crippen LogP contribution in [0.1, 0.15) is 39.0 Å². The second kappa shape index (κ2) is 8.62. The van der Waals surface area contributed by atoms with Crippen LogP contribution in [0.3, 0.4) is 0 Å². The summed E-state index contributed by atoms with van der Waals surface area (Å²) < 4.78 is 54.5. The maximum atomic E-state index is 12.8. The molecule has 1 aliphatic carbocycles. The van der Waals surface area contributed by atoms with E-state index in [1.807, 2.05) is 6.92 Å². The molecule has 1 N–H and O–H groups in total.